The first-order valence-electron chi connectivity index (χ1n) is 9.37. The van der Waals surface area contributed by atoms with Crippen LogP contribution in [0.2, 0.25) is 0 Å². The molecule has 0 bridgehead atoms. The molecule has 26 heavy (non-hydrogen) atoms. The van der Waals surface area contributed by atoms with Crippen LogP contribution in [0.25, 0.3) is 0 Å². The summed E-state index contributed by atoms with van der Waals surface area (Å²) >= 11 is 0. The number of ether oxygens (including phenoxy) is 1. The average Bonchev–Trinajstić information content (AvgIpc) is 2.62. The predicted octanol–water partition coefficient (Wildman–Crippen LogP) is 2.32. The molecule has 0 heterocycles. The second-order valence-electron chi connectivity index (χ2n) is 7.28. The van der Waals surface area contributed by atoms with E-state index in [1.807, 2.05) is 29.2 Å². The van der Waals surface area contributed by atoms with Crippen molar-refractivity contribution in [1.82, 2.24) is 5.32 Å². The summed E-state index contributed by atoms with van der Waals surface area (Å²) in [6.07, 6.45) is 3.61. The standard InChI is InChI=1S/C20H31N3O3/c1-14-5-4-6-18(15(14)2)22-20(25)13-23(12-11-19(21)24)16-7-9-17(26-3)10-8-16/h7-10,14-15,18H,4-6,11-13H2,1-3H3,(H2,21,24)(H,22,25)/t14-,15-,18-/m1/s1. The third kappa shape index (κ3) is 5.64. The van der Waals surface area contributed by atoms with E-state index in [0.29, 0.717) is 18.4 Å². The van der Waals surface area contributed by atoms with E-state index < -0.39 is 0 Å². The molecular formula is C20H31N3O3. The fraction of sp³-hybridized carbons (Fsp3) is 0.600. The highest BCUT2D eigenvalue weighted by molar-refractivity contribution is 5.82. The molecule has 1 aromatic carbocycles. The molecule has 1 saturated carbocycles. The number of nitrogens with zero attached hydrogens (tertiary/aromatic N) is 1. The molecule has 1 fully saturated rings. The summed E-state index contributed by atoms with van der Waals surface area (Å²) in [7, 11) is 1.61. The molecule has 2 amide bonds. The molecule has 144 valence electrons. The highest BCUT2D eigenvalue weighted by Crippen LogP contribution is 2.29. The van der Waals surface area contributed by atoms with E-state index in [0.717, 1.165) is 24.3 Å². The molecule has 3 atom stereocenters. The third-order valence-corrected chi connectivity index (χ3v) is 5.45. The molecular weight excluding hydrogens is 330 g/mol. The van der Waals surface area contributed by atoms with E-state index in [4.69, 9.17) is 10.5 Å². The van der Waals surface area contributed by atoms with Crippen molar-refractivity contribution >= 4 is 17.5 Å². The molecule has 0 aliphatic heterocycles. The first-order valence-corrected chi connectivity index (χ1v) is 9.37. The van der Waals surface area contributed by atoms with E-state index in [9.17, 15) is 9.59 Å². The predicted molar refractivity (Wildman–Crippen MR) is 103 cm³/mol. The molecule has 1 aliphatic rings. The number of carbonyl (C=O) groups excluding carboxylic acids is 2. The Morgan fingerprint density at radius 3 is 2.54 bits per heavy atom. The molecule has 6 nitrogen and oxygen atoms in total. The van der Waals surface area contributed by atoms with Crippen LogP contribution in [0.3, 0.4) is 0 Å². The van der Waals surface area contributed by atoms with Gasteiger partial charge in [0.25, 0.3) is 0 Å². The molecule has 1 aliphatic carbocycles. The maximum absolute atomic E-state index is 12.6. The lowest BCUT2D eigenvalue weighted by Gasteiger charge is -2.35. The Balaban J connectivity index is 2.02. The molecule has 0 aromatic heterocycles. The molecule has 0 saturated heterocycles. The highest BCUT2D eigenvalue weighted by atomic mass is 16.5. The lowest BCUT2D eigenvalue weighted by molar-refractivity contribution is -0.121. The lowest BCUT2D eigenvalue weighted by atomic mass is 9.78. The van der Waals surface area contributed by atoms with Gasteiger partial charge in [-0.25, -0.2) is 0 Å². The van der Waals surface area contributed by atoms with Crippen LogP contribution in [0, 0.1) is 11.8 Å². The normalized spacial score (nSPS) is 22.5. The summed E-state index contributed by atoms with van der Waals surface area (Å²) in [5.41, 5.74) is 6.16. The van der Waals surface area contributed by atoms with Crippen molar-refractivity contribution in [2.75, 3.05) is 25.1 Å². The zero-order valence-electron chi connectivity index (χ0n) is 16.0. The van der Waals surface area contributed by atoms with Crippen LogP contribution in [-0.2, 0) is 9.59 Å². The van der Waals surface area contributed by atoms with Gasteiger partial charge in [0.15, 0.2) is 0 Å². The third-order valence-electron chi connectivity index (χ3n) is 5.45. The van der Waals surface area contributed by atoms with E-state index in [1.165, 1.54) is 6.42 Å². The number of methoxy groups -OCH3 is 1. The summed E-state index contributed by atoms with van der Waals surface area (Å²) in [5.74, 6) is 1.46. The molecule has 0 unspecified atom stereocenters. The van der Waals surface area contributed by atoms with Gasteiger partial charge in [0.2, 0.25) is 11.8 Å². The van der Waals surface area contributed by atoms with Gasteiger partial charge in [0.1, 0.15) is 5.75 Å². The molecule has 0 radical (unpaired) electrons. The monoisotopic (exact) mass is 361 g/mol. The zero-order valence-corrected chi connectivity index (χ0v) is 16.0. The minimum atomic E-state index is -0.376. The number of hydrogen-bond acceptors (Lipinski definition) is 4. The van der Waals surface area contributed by atoms with E-state index in [2.05, 4.69) is 19.2 Å². The summed E-state index contributed by atoms with van der Waals surface area (Å²) in [4.78, 5) is 25.7. The minimum Gasteiger partial charge on any atom is -0.497 e. The van der Waals surface area contributed by atoms with Crippen molar-refractivity contribution in [2.24, 2.45) is 17.6 Å². The summed E-state index contributed by atoms with van der Waals surface area (Å²) < 4.78 is 5.18. The van der Waals surface area contributed by atoms with Crippen molar-refractivity contribution in [3.63, 3.8) is 0 Å². The number of anilines is 1. The van der Waals surface area contributed by atoms with Gasteiger partial charge < -0.3 is 20.7 Å². The number of carbonyl (C=O) groups is 2. The van der Waals surface area contributed by atoms with E-state index in [-0.39, 0.29) is 30.8 Å². The molecule has 6 heteroatoms. The highest BCUT2D eigenvalue weighted by Gasteiger charge is 2.28. The number of nitrogens with two attached hydrogens (primary N) is 1. The first-order chi connectivity index (χ1) is 12.4. The van der Waals surface area contributed by atoms with Crippen molar-refractivity contribution < 1.29 is 14.3 Å². The molecule has 2 rings (SSSR count). The number of primary amides is 1. The fourth-order valence-electron chi connectivity index (χ4n) is 3.55. The maximum atomic E-state index is 12.6. The average molecular weight is 361 g/mol. The van der Waals surface area contributed by atoms with Crippen LogP contribution in [0.15, 0.2) is 24.3 Å². The number of rotatable bonds is 8. The van der Waals surface area contributed by atoms with E-state index in [1.54, 1.807) is 7.11 Å². The van der Waals surface area contributed by atoms with Gasteiger partial charge in [0.05, 0.1) is 13.7 Å². The van der Waals surface area contributed by atoms with Crippen LogP contribution in [0.1, 0.15) is 39.5 Å². The molecule has 3 N–H and O–H groups in total. The lowest BCUT2D eigenvalue weighted by Crippen LogP contribution is -2.47. The van der Waals surface area contributed by atoms with Crippen molar-refractivity contribution in [3.05, 3.63) is 24.3 Å². The fourth-order valence-corrected chi connectivity index (χ4v) is 3.55. The quantitative estimate of drug-likeness (QED) is 0.744. The Morgan fingerprint density at radius 1 is 1.23 bits per heavy atom. The van der Waals surface area contributed by atoms with Gasteiger partial charge in [-0.1, -0.05) is 26.7 Å². The van der Waals surface area contributed by atoms with Crippen LogP contribution in [0.5, 0.6) is 5.75 Å². The van der Waals surface area contributed by atoms with Gasteiger partial charge in [-0.05, 0) is 42.5 Å². The minimum absolute atomic E-state index is 0.0174. The number of amides is 2. The molecule has 1 aromatic rings. The van der Waals surface area contributed by atoms with Gasteiger partial charge in [-0.2, -0.15) is 0 Å². The second kappa shape index (κ2) is 9.46. The Labute approximate surface area is 156 Å². The van der Waals surface area contributed by atoms with Crippen molar-refractivity contribution in [1.29, 1.82) is 0 Å². The topological polar surface area (TPSA) is 84.7 Å². The Kier molecular flexibility index (Phi) is 7.30. The van der Waals surface area contributed by atoms with Crippen LogP contribution in [0.4, 0.5) is 5.69 Å². The first kappa shape index (κ1) is 20.1. The Morgan fingerprint density at radius 2 is 1.92 bits per heavy atom. The van der Waals surface area contributed by atoms with Gasteiger partial charge >= 0.3 is 0 Å². The van der Waals surface area contributed by atoms with Crippen molar-refractivity contribution in [3.8, 4) is 5.75 Å². The van der Waals surface area contributed by atoms with Gasteiger partial charge in [-0.15, -0.1) is 0 Å². The summed E-state index contributed by atoms with van der Waals surface area (Å²) in [6, 6.07) is 7.68. The van der Waals surface area contributed by atoms with Crippen LogP contribution in [-0.4, -0.2) is 38.1 Å². The molecule has 0 spiro atoms. The maximum Gasteiger partial charge on any atom is 0.239 e. The second-order valence-corrected chi connectivity index (χ2v) is 7.28. The van der Waals surface area contributed by atoms with Crippen LogP contribution < -0.4 is 20.7 Å². The largest absolute Gasteiger partial charge is 0.497 e. The zero-order chi connectivity index (χ0) is 19.1. The van der Waals surface area contributed by atoms with Crippen LogP contribution >= 0.6 is 0 Å². The summed E-state index contributed by atoms with van der Waals surface area (Å²) in [5, 5.41) is 3.19. The number of nitrogens with one attached hydrogen (secondary N) is 1. The Hall–Kier alpha value is -2.24. The van der Waals surface area contributed by atoms with E-state index >= 15 is 0 Å². The van der Waals surface area contributed by atoms with Gasteiger partial charge in [0, 0.05) is 24.7 Å². The van der Waals surface area contributed by atoms with Gasteiger partial charge in [-0.3, -0.25) is 9.59 Å². The number of hydrogen-bond donors (Lipinski definition) is 2. The Bertz CT molecular complexity index is 603. The number of benzene rings is 1. The summed E-state index contributed by atoms with van der Waals surface area (Å²) in [6.45, 7) is 5.07. The van der Waals surface area contributed by atoms with Crippen molar-refractivity contribution in [2.45, 2.75) is 45.6 Å². The SMILES string of the molecule is COc1ccc(N(CCC(N)=O)CC(=O)N[C@@H]2CCC[C@@H](C)[C@H]2C)cc1. The smallest absolute Gasteiger partial charge is 0.239 e.